The third-order valence-electron chi connectivity index (χ3n) is 4.35. The van der Waals surface area contributed by atoms with Gasteiger partial charge in [-0.3, -0.25) is 4.57 Å². The highest BCUT2D eigenvalue weighted by molar-refractivity contribution is 7.98. The summed E-state index contributed by atoms with van der Waals surface area (Å²) in [6, 6.07) is 13.3. The second-order valence-electron chi connectivity index (χ2n) is 6.06. The first-order chi connectivity index (χ1) is 13.6. The zero-order valence-corrected chi connectivity index (χ0v) is 17.6. The van der Waals surface area contributed by atoms with Crippen LogP contribution in [0.2, 0.25) is 10.0 Å². The van der Waals surface area contributed by atoms with E-state index in [1.54, 1.807) is 24.9 Å². The molecule has 4 rings (SSSR count). The van der Waals surface area contributed by atoms with Crippen molar-refractivity contribution in [3.8, 4) is 17.3 Å². The van der Waals surface area contributed by atoms with Crippen LogP contribution in [-0.2, 0) is 12.3 Å². The van der Waals surface area contributed by atoms with Gasteiger partial charge < -0.3 is 9.15 Å². The van der Waals surface area contributed by atoms with E-state index >= 15 is 0 Å². The average molecular weight is 434 g/mol. The second-order valence-corrected chi connectivity index (χ2v) is 7.85. The number of furan rings is 1. The standard InChI is InChI=1S/C20H17Cl2N3O2S/c1-3-25-19(17-9-12-5-4-6-16(26-2)18(12)27-17)23-24-20(25)28-11-13-7-8-14(21)10-15(13)22/h4-10H,3,11H2,1-2H3. The molecule has 0 unspecified atom stereocenters. The Labute approximate surface area is 176 Å². The van der Waals surface area contributed by atoms with E-state index in [1.807, 2.05) is 41.0 Å². The number of rotatable bonds is 6. The Morgan fingerprint density at radius 2 is 2.00 bits per heavy atom. The maximum atomic E-state index is 6.28. The van der Waals surface area contributed by atoms with E-state index in [9.17, 15) is 0 Å². The highest BCUT2D eigenvalue weighted by Crippen LogP contribution is 2.34. The van der Waals surface area contributed by atoms with Crippen molar-refractivity contribution in [2.45, 2.75) is 24.4 Å². The van der Waals surface area contributed by atoms with Gasteiger partial charge in [-0.05, 0) is 36.8 Å². The molecule has 0 bridgehead atoms. The van der Waals surface area contributed by atoms with Crippen molar-refractivity contribution in [2.24, 2.45) is 0 Å². The maximum absolute atomic E-state index is 6.28. The van der Waals surface area contributed by atoms with Crippen molar-refractivity contribution in [3.63, 3.8) is 0 Å². The van der Waals surface area contributed by atoms with Gasteiger partial charge in [0.25, 0.3) is 0 Å². The molecule has 4 aromatic rings. The summed E-state index contributed by atoms with van der Waals surface area (Å²) in [7, 11) is 1.63. The van der Waals surface area contributed by atoms with Gasteiger partial charge in [0.2, 0.25) is 5.82 Å². The molecule has 0 radical (unpaired) electrons. The number of ether oxygens (including phenoxy) is 1. The summed E-state index contributed by atoms with van der Waals surface area (Å²) in [6.07, 6.45) is 0. The lowest BCUT2D eigenvalue weighted by atomic mass is 10.2. The molecule has 28 heavy (non-hydrogen) atoms. The molecule has 0 fully saturated rings. The third-order valence-corrected chi connectivity index (χ3v) is 5.96. The fraction of sp³-hybridized carbons (Fsp3) is 0.200. The van der Waals surface area contributed by atoms with Gasteiger partial charge in [0, 0.05) is 27.7 Å². The monoisotopic (exact) mass is 433 g/mol. The van der Waals surface area contributed by atoms with Crippen molar-refractivity contribution in [1.29, 1.82) is 0 Å². The molecular formula is C20H17Cl2N3O2S. The molecule has 0 spiro atoms. The number of nitrogens with zero attached hydrogens (tertiary/aromatic N) is 3. The predicted molar refractivity (Wildman–Crippen MR) is 113 cm³/mol. The summed E-state index contributed by atoms with van der Waals surface area (Å²) in [5.41, 5.74) is 1.70. The number of fused-ring (bicyclic) bond motifs is 1. The summed E-state index contributed by atoms with van der Waals surface area (Å²) in [4.78, 5) is 0. The SMILES string of the molecule is CCn1c(SCc2ccc(Cl)cc2Cl)nnc1-c1cc2cccc(OC)c2o1. The van der Waals surface area contributed by atoms with Crippen LogP contribution < -0.4 is 4.74 Å². The van der Waals surface area contributed by atoms with Crippen LogP contribution in [-0.4, -0.2) is 21.9 Å². The molecule has 144 valence electrons. The van der Waals surface area contributed by atoms with E-state index in [4.69, 9.17) is 32.4 Å². The summed E-state index contributed by atoms with van der Waals surface area (Å²) in [5, 5.41) is 11.7. The molecule has 2 heterocycles. The first kappa shape index (κ1) is 19.2. The van der Waals surface area contributed by atoms with Gasteiger partial charge in [-0.1, -0.05) is 53.2 Å². The van der Waals surface area contributed by atoms with Gasteiger partial charge in [0.1, 0.15) is 0 Å². The lowest BCUT2D eigenvalue weighted by Gasteiger charge is -2.07. The Morgan fingerprint density at radius 1 is 1.14 bits per heavy atom. The molecule has 8 heteroatoms. The topological polar surface area (TPSA) is 53.1 Å². The van der Waals surface area contributed by atoms with E-state index < -0.39 is 0 Å². The Bertz CT molecular complexity index is 1140. The molecule has 0 aliphatic carbocycles. The minimum atomic E-state index is 0.623. The highest BCUT2D eigenvalue weighted by atomic mass is 35.5. The molecule has 0 saturated carbocycles. The Kier molecular flexibility index (Phi) is 5.53. The lowest BCUT2D eigenvalue weighted by molar-refractivity contribution is 0.410. The van der Waals surface area contributed by atoms with Gasteiger partial charge in [0.05, 0.1) is 7.11 Å². The number of methoxy groups -OCH3 is 1. The summed E-state index contributed by atoms with van der Waals surface area (Å²) in [6.45, 7) is 2.77. The number of halogens is 2. The molecule has 0 atom stereocenters. The van der Waals surface area contributed by atoms with Crippen LogP contribution >= 0.6 is 35.0 Å². The molecule has 0 saturated heterocycles. The molecule has 0 amide bonds. The average Bonchev–Trinajstić information content (AvgIpc) is 3.30. The fourth-order valence-electron chi connectivity index (χ4n) is 2.95. The van der Waals surface area contributed by atoms with E-state index in [1.165, 1.54) is 0 Å². The van der Waals surface area contributed by atoms with Gasteiger partial charge in [-0.2, -0.15) is 0 Å². The number of para-hydroxylation sites is 1. The fourth-order valence-corrected chi connectivity index (χ4v) is 4.51. The van der Waals surface area contributed by atoms with Crippen molar-refractivity contribution in [1.82, 2.24) is 14.8 Å². The van der Waals surface area contributed by atoms with Gasteiger partial charge in [-0.15, -0.1) is 10.2 Å². The minimum Gasteiger partial charge on any atom is -0.493 e. The van der Waals surface area contributed by atoms with Crippen LogP contribution in [0.4, 0.5) is 0 Å². The molecule has 0 aliphatic rings. The maximum Gasteiger partial charge on any atom is 0.200 e. The third kappa shape index (κ3) is 3.60. The second kappa shape index (κ2) is 8.07. The Morgan fingerprint density at radius 3 is 2.75 bits per heavy atom. The Hall–Kier alpha value is -2.15. The summed E-state index contributed by atoms with van der Waals surface area (Å²) < 4.78 is 13.4. The molecule has 5 nitrogen and oxygen atoms in total. The molecule has 2 aromatic heterocycles. The van der Waals surface area contributed by atoms with Gasteiger partial charge in [-0.25, -0.2) is 0 Å². The lowest BCUT2D eigenvalue weighted by Crippen LogP contribution is -1.99. The first-order valence-electron chi connectivity index (χ1n) is 8.67. The number of benzene rings is 2. The van der Waals surface area contributed by atoms with Crippen LogP contribution in [0.15, 0.2) is 52.0 Å². The number of aromatic nitrogens is 3. The quantitative estimate of drug-likeness (QED) is 0.333. The van der Waals surface area contributed by atoms with Gasteiger partial charge >= 0.3 is 0 Å². The zero-order chi connectivity index (χ0) is 19.7. The number of hydrogen-bond donors (Lipinski definition) is 0. The highest BCUT2D eigenvalue weighted by Gasteiger charge is 2.18. The van der Waals surface area contributed by atoms with Crippen LogP contribution in [0, 0.1) is 0 Å². The van der Waals surface area contributed by atoms with E-state index in [-0.39, 0.29) is 0 Å². The van der Waals surface area contributed by atoms with Crippen molar-refractivity contribution >= 4 is 45.9 Å². The normalized spacial score (nSPS) is 11.3. The minimum absolute atomic E-state index is 0.623. The van der Waals surface area contributed by atoms with Gasteiger partial charge in [0.15, 0.2) is 22.2 Å². The van der Waals surface area contributed by atoms with E-state index in [2.05, 4.69) is 17.1 Å². The van der Waals surface area contributed by atoms with Crippen molar-refractivity contribution in [2.75, 3.05) is 7.11 Å². The predicted octanol–water partition coefficient (Wildman–Crippen LogP) is 6.32. The Balaban J connectivity index is 1.64. The largest absolute Gasteiger partial charge is 0.493 e. The van der Waals surface area contributed by atoms with Crippen LogP contribution in [0.3, 0.4) is 0 Å². The zero-order valence-electron chi connectivity index (χ0n) is 15.3. The molecule has 0 N–H and O–H groups in total. The van der Waals surface area contributed by atoms with E-state index in [0.29, 0.717) is 45.3 Å². The van der Waals surface area contributed by atoms with Crippen LogP contribution in [0.1, 0.15) is 12.5 Å². The molecule has 2 aromatic carbocycles. The van der Waals surface area contributed by atoms with Crippen LogP contribution in [0.5, 0.6) is 5.75 Å². The van der Waals surface area contributed by atoms with Crippen LogP contribution in [0.25, 0.3) is 22.6 Å². The van der Waals surface area contributed by atoms with Crippen molar-refractivity contribution < 1.29 is 9.15 Å². The molecular weight excluding hydrogens is 417 g/mol. The number of thioether (sulfide) groups is 1. The summed E-state index contributed by atoms with van der Waals surface area (Å²) >= 11 is 13.8. The number of hydrogen-bond acceptors (Lipinski definition) is 5. The first-order valence-corrected chi connectivity index (χ1v) is 10.4. The smallest absolute Gasteiger partial charge is 0.200 e. The van der Waals surface area contributed by atoms with Crippen molar-refractivity contribution in [3.05, 3.63) is 58.1 Å². The summed E-state index contributed by atoms with van der Waals surface area (Å²) in [5.74, 6) is 2.70. The molecule has 0 aliphatic heterocycles. The van der Waals surface area contributed by atoms with E-state index in [0.717, 1.165) is 16.1 Å².